The lowest BCUT2D eigenvalue weighted by molar-refractivity contribution is -0.123. The fourth-order valence-electron chi connectivity index (χ4n) is 2.14. The van der Waals surface area contributed by atoms with Gasteiger partial charge in [-0.25, -0.2) is 4.79 Å². The summed E-state index contributed by atoms with van der Waals surface area (Å²) in [6.07, 6.45) is 0. The van der Waals surface area contributed by atoms with Gasteiger partial charge < -0.3 is 14.8 Å². The number of rotatable bonds is 6. The minimum Gasteiger partial charge on any atom is -0.484 e. The number of methoxy groups -OCH3 is 1. The summed E-state index contributed by atoms with van der Waals surface area (Å²) in [5, 5.41) is 3.42. The summed E-state index contributed by atoms with van der Waals surface area (Å²) >= 11 is 6.11. The second-order valence-electron chi connectivity index (χ2n) is 5.12. The van der Waals surface area contributed by atoms with Crippen molar-refractivity contribution in [2.45, 2.75) is 13.0 Å². The molecule has 2 rings (SSSR count). The number of amides is 1. The molecule has 2 aromatic carbocycles. The van der Waals surface area contributed by atoms with Gasteiger partial charge in [-0.05, 0) is 42.8 Å². The van der Waals surface area contributed by atoms with Crippen molar-refractivity contribution in [3.8, 4) is 5.75 Å². The number of halogens is 1. The van der Waals surface area contributed by atoms with Crippen LogP contribution >= 0.6 is 11.6 Å². The highest BCUT2D eigenvalue weighted by atomic mass is 35.5. The Kier molecular flexibility index (Phi) is 6.21. The first-order valence-electron chi connectivity index (χ1n) is 7.36. The van der Waals surface area contributed by atoms with Gasteiger partial charge in [0.05, 0.1) is 18.7 Å². The highest BCUT2D eigenvalue weighted by Crippen LogP contribution is 2.22. The molecule has 0 aliphatic carbocycles. The van der Waals surface area contributed by atoms with Gasteiger partial charge in [0.15, 0.2) is 6.61 Å². The Morgan fingerprint density at radius 3 is 2.42 bits per heavy atom. The van der Waals surface area contributed by atoms with E-state index in [0.717, 1.165) is 5.56 Å². The normalized spacial score (nSPS) is 11.5. The van der Waals surface area contributed by atoms with Gasteiger partial charge in [-0.15, -0.1) is 0 Å². The third-order valence-electron chi connectivity index (χ3n) is 3.39. The third kappa shape index (κ3) is 4.73. The lowest BCUT2D eigenvalue weighted by Crippen LogP contribution is -2.31. The van der Waals surface area contributed by atoms with Gasteiger partial charge in [0.25, 0.3) is 5.91 Å². The van der Waals surface area contributed by atoms with Crippen molar-refractivity contribution in [1.29, 1.82) is 0 Å². The molecular weight excluding hydrogens is 330 g/mol. The van der Waals surface area contributed by atoms with Crippen LogP contribution in [0, 0.1) is 0 Å². The second-order valence-corrected chi connectivity index (χ2v) is 5.52. The molecule has 0 heterocycles. The molecule has 5 nitrogen and oxygen atoms in total. The standard InChI is InChI=1S/C18H18ClNO4/c1-12(15-5-3-4-6-16(15)19)20-17(21)11-24-14-9-7-13(8-10-14)18(22)23-2/h3-10,12H,11H2,1-2H3,(H,20,21)/t12-/m0/s1. The topological polar surface area (TPSA) is 64.6 Å². The Hall–Kier alpha value is -2.53. The summed E-state index contributed by atoms with van der Waals surface area (Å²) < 4.78 is 10.0. The van der Waals surface area contributed by atoms with Crippen LogP contribution in [-0.4, -0.2) is 25.6 Å². The number of hydrogen-bond acceptors (Lipinski definition) is 4. The Bertz CT molecular complexity index is 715. The molecule has 1 atom stereocenters. The molecule has 2 aromatic rings. The van der Waals surface area contributed by atoms with E-state index in [4.69, 9.17) is 16.3 Å². The zero-order valence-electron chi connectivity index (χ0n) is 13.4. The van der Waals surface area contributed by atoms with Gasteiger partial charge in [-0.3, -0.25) is 4.79 Å². The fourth-order valence-corrected chi connectivity index (χ4v) is 2.44. The van der Waals surface area contributed by atoms with E-state index >= 15 is 0 Å². The maximum absolute atomic E-state index is 12.0. The molecule has 0 aliphatic heterocycles. The minimum absolute atomic E-state index is 0.133. The van der Waals surface area contributed by atoms with E-state index in [-0.39, 0.29) is 18.6 Å². The number of ether oxygens (including phenoxy) is 2. The van der Waals surface area contributed by atoms with Crippen molar-refractivity contribution in [2.75, 3.05) is 13.7 Å². The molecule has 0 saturated heterocycles. The van der Waals surface area contributed by atoms with E-state index in [1.54, 1.807) is 30.3 Å². The predicted octanol–water partition coefficient (Wildman–Crippen LogP) is 3.38. The van der Waals surface area contributed by atoms with Crippen molar-refractivity contribution in [2.24, 2.45) is 0 Å². The van der Waals surface area contributed by atoms with E-state index in [0.29, 0.717) is 16.3 Å². The molecule has 0 saturated carbocycles. The van der Waals surface area contributed by atoms with Crippen LogP contribution < -0.4 is 10.1 Å². The summed E-state index contributed by atoms with van der Waals surface area (Å²) in [6, 6.07) is 13.5. The second kappa shape index (κ2) is 8.36. The number of nitrogens with one attached hydrogen (secondary N) is 1. The summed E-state index contributed by atoms with van der Waals surface area (Å²) in [5.41, 5.74) is 1.26. The highest BCUT2D eigenvalue weighted by molar-refractivity contribution is 6.31. The van der Waals surface area contributed by atoms with Gasteiger partial charge in [0.2, 0.25) is 0 Å². The monoisotopic (exact) mass is 347 g/mol. The van der Waals surface area contributed by atoms with Crippen molar-refractivity contribution >= 4 is 23.5 Å². The van der Waals surface area contributed by atoms with E-state index < -0.39 is 5.97 Å². The first-order chi connectivity index (χ1) is 11.5. The molecule has 1 amide bonds. The minimum atomic E-state index is -0.423. The molecule has 0 aliphatic rings. The zero-order chi connectivity index (χ0) is 17.5. The molecule has 1 N–H and O–H groups in total. The van der Waals surface area contributed by atoms with Gasteiger partial charge in [0.1, 0.15) is 5.75 Å². The SMILES string of the molecule is COC(=O)c1ccc(OCC(=O)N[C@@H](C)c2ccccc2Cl)cc1. The van der Waals surface area contributed by atoms with Gasteiger partial charge in [-0.2, -0.15) is 0 Å². The molecular formula is C18H18ClNO4. The number of hydrogen-bond donors (Lipinski definition) is 1. The summed E-state index contributed by atoms with van der Waals surface area (Å²) in [7, 11) is 1.32. The number of esters is 1. The van der Waals surface area contributed by atoms with E-state index in [2.05, 4.69) is 10.1 Å². The fraction of sp³-hybridized carbons (Fsp3) is 0.222. The van der Waals surface area contributed by atoms with E-state index in [1.807, 2.05) is 25.1 Å². The van der Waals surface area contributed by atoms with Crippen LogP contribution in [0.1, 0.15) is 28.9 Å². The first-order valence-corrected chi connectivity index (χ1v) is 7.74. The molecule has 0 unspecified atom stereocenters. The van der Waals surface area contributed by atoms with Crippen LogP contribution in [0.25, 0.3) is 0 Å². The van der Waals surface area contributed by atoms with Crippen LogP contribution in [0.2, 0.25) is 5.02 Å². The van der Waals surface area contributed by atoms with Crippen LogP contribution in [0.15, 0.2) is 48.5 Å². The van der Waals surface area contributed by atoms with Crippen molar-refractivity contribution in [3.05, 3.63) is 64.7 Å². The predicted molar refractivity (Wildman–Crippen MR) is 91.3 cm³/mol. The number of benzene rings is 2. The van der Waals surface area contributed by atoms with E-state index in [9.17, 15) is 9.59 Å². The van der Waals surface area contributed by atoms with Gasteiger partial charge >= 0.3 is 5.97 Å². The molecule has 0 radical (unpaired) electrons. The maximum atomic E-state index is 12.0. The van der Waals surface area contributed by atoms with Gasteiger partial charge in [-0.1, -0.05) is 29.8 Å². The Morgan fingerprint density at radius 1 is 1.12 bits per heavy atom. The zero-order valence-corrected chi connectivity index (χ0v) is 14.2. The molecule has 0 fully saturated rings. The average Bonchev–Trinajstić information content (AvgIpc) is 2.60. The van der Waals surface area contributed by atoms with Crippen molar-refractivity contribution in [3.63, 3.8) is 0 Å². The summed E-state index contributed by atoms with van der Waals surface area (Å²) in [5.74, 6) is -0.199. The number of carbonyl (C=O) groups is 2. The van der Waals surface area contributed by atoms with Crippen LogP contribution in [0.5, 0.6) is 5.75 Å². The lowest BCUT2D eigenvalue weighted by atomic mass is 10.1. The van der Waals surface area contributed by atoms with Crippen LogP contribution in [0.4, 0.5) is 0 Å². The molecule has 6 heteroatoms. The molecule has 0 aromatic heterocycles. The van der Waals surface area contributed by atoms with Crippen molar-refractivity contribution < 1.29 is 19.1 Å². The lowest BCUT2D eigenvalue weighted by Gasteiger charge is -2.16. The van der Waals surface area contributed by atoms with Crippen molar-refractivity contribution in [1.82, 2.24) is 5.32 Å². The van der Waals surface area contributed by atoms with Gasteiger partial charge in [0, 0.05) is 5.02 Å². The largest absolute Gasteiger partial charge is 0.484 e. The molecule has 24 heavy (non-hydrogen) atoms. The summed E-state index contributed by atoms with van der Waals surface area (Å²) in [6.45, 7) is 1.72. The first kappa shape index (κ1) is 17.8. The summed E-state index contributed by atoms with van der Waals surface area (Å²) in [4.78, 5) is 23.3. The number of carbonyl (C=O) groups excluding carboxylic acids is 2. The third-order valence-corrected chi connectivity index (χ3v) is 3.74. The Balaban J connectivity index is 1.87. The smallest absolute Gasteiger partial charge is 0.337 e. The molecule has 0 spiro atoms. The Labute approximate surface area is 145 Å². The van der Waals surface area contributed by atoms with Crippen LogP contribution in [-0.2, 0) is 9.53 Å². The van der Waals surface area contributed by atoms with Crippen LogP contribution in [0.3, 0.4) is 0 Å². The highest BCUT2D eigenvalue weighted by Gasteiger charge is 2.13. The molecule has 0 bridgehead atoms. The van der Waals surface area contributed by atoms with E-state index in [1.165, 1.54) is 7.11 Å². The average molecular weight is 348 g/mol. The Morgan fingerprint density at radius 2 is 1.79 bits per heavy atom. The quantitative estimate of drug-likeness (QED) is 0.813. The maximum Gasteiger partial charge on any atom is 0.337 e. The molecule has 126 valence electrons.